The van der Waals surface area contributed by atoms with Crippen LogP contribution in [0.2, 0.25) is 0 Å². The molecule has 0 aromatic heterocycles. The van der Waals surface area contributed by atoms with Crippen LogP contribution in [0.15, 0.2) is 0 Å². The number of aliphatic hydroxyl groups is 1. The first-order valence-corrected chi connectivity index (χ1v) is 6.75. The van der Waals surface area contributed by atoms with Crippen molar-refractivity contribution in [3.63, 3.8) is 0 Å². The molecule has 0 spiro atoms. The van der Waals surface area contributed by atoms with Crippen molar-refractivity contribution in [3.05, 3.63) is 0 Å². The standard InChI is InChI=1S/C13H25NO2/c1-10(8-11-2-3-11)14-9-13(15)12-4-6-16-7-5-12/h10-15H,2-9H2,1H3. The molecule has 16 heavy (non-hydrogen) atoms. The molecule has 2 atom stereocenters. The van der Waals surface area contributed by atoms with E-state index in [1.165, 1.54) is 19.3 Å². The molecular weight excluding hydrogens is 202 g/mol. The van der Waals surface area contributed by atoms with Gasteiger partial charge in [0.1, 0.15) is 0 Å². The van der Waals surface area contributed by atoms with E-state index >= 15 is 0 Å². The van der Waals surface area contributed by atoms with Gasteiger partial charge >= 0.3 is 0 Å². The van der Waals surface area contributed by atoms with Gasteiger partial charge in [-0.05, 0) is 38.0 Å². The van der Waals surface area contributed by atoms with Gasteiger partial charge in [-0.25, -0.2) is 0 Å². The van der Waals surface area contributed by atoms with Gasteiger partial charge in [-0.2, -0.15) is 0 Å². The molecule has 3 heteroatoms. The number of rotatable bonds is 6. The first-order valence-electron chi connectivity index (χ1n) is 6.75. The first-order chi connectivity index (χ1) is 7.75. The quantitative estimate of drug-likeness (QED) is 0.723. The summed E-state index contributed by atoms with van der Waals surface area (Å²) in [6.07, 6.45) is 5.94. The Labute approximate surface area is 98.6 Å². The van der Waals surface area contributed by atoms with E-state index in [2.05, 4.69) is 12.2 Å². The van der Waals surface area contributed by atoms with E-state index in [1.807, 2.05) is 0 Å². The van der Waals surface area contributed by atoms with Crippen molar-refractivity contribution in [2.24, 2.45) is 11.8 Å². The summed E-state index contributed by atoms with van der Waals surface area (Å²) in [4.78, 5) is 0. The summed E-state index contributed by atoms with van der Waals surface area (Å²) in [6.45, 7) is 4.62. The highest BCUT2D eigenvalue weighted by Gasteiger charge is 2.25. The average Bonchev–Trinajstić information content (AvgIpc) is 3.11. The fourth-order valence-corrected chi connectivity index (χ4v) is 2.53. The molecule has 0 radical (unpaired) electrons. The highest BCUT2D eigenvalue weighted by Crippen LogP contribution is 2.33. The van der Waals surface area contributed by atoms with Crippen LogP contribution in [-0.2, 0) is 4.74 Å². The summed E-state index contributed by atoms with van der Waals surface area (Å²) in [5.74, 6) is 1.40. The normalized spacial score (nSPS) is 26.6. The minimum atomic E-state index is -0.189. The van der Waals surface area contributed by atoms with Crippen LogP contribution in [0.3, 0.4) is 0 Å². The lowest BCUT2D eigenvalue weighted by Gasteiger charge is -2.27. The minimum Gasteiger partial charge on any atom is -0.392 e. The number of aliphatic hydroxyl groups excluding tert-OH is 1. The van der Waals surface area contributed by atoms with E-state index in [4.69, 9.17) is 4.74 Å². The van der Waals surface area contributed by atoms with Crippen molar-refractivity contribution in [3.8, 4) is 0 Å². The minimum absolute atomic E-state index is 0.189. The van der Waals surface area contributed by atoms with Crippen LogP contribution in [-0.4, -0.2) is 37.0 Å². The lowest BCUT2D eigenvalue weighted by atomic mass is 9.93. The Morgan fingerprint density at radius 1 is 1.25 bits per heavy atom. The van der Waals surface area contributed by atoms with E-state index in [-0.39, 0.29) is 6.10 Å². The van der Waals surface area contributed by atoms with E-state index < -0.39 is 0 Å². The number of ether oxygens (including phenoxy) is 1. The molecule has 0 bridgehead atoms. The largest absolute Gasteiger partial charge is 0.392 e. The van der Waals surface area contributed by atoms with Gasteiger partial charge in [0.25, 0.3) is 0 Å². The Bertz CT molecular complexity index is 200. The van der Waals surface area contributed by atoms with E-state index in [0.29, 0.717) is 12.0 Å². The van der Waals surface area contributed by atoms with Crippen molar-refractivity contribution in [2.75, 3.05) is 19.8 Å². The predicted octanol–water partition coefficient (Wildman–Crippen LogP) is 1.55. The topological polar surface area (TPSA) is 41.5 Å². The maximum atomic E-state index is 10.1. The van der Waals surface area contributed by atoms with Crippen LogP contribution in [0, 0.1) is 11.8 Å². The molecule has 0 aromatic rings. The van der Waals surface area contributed by atoms with E-state index in [1.54, 1.807) is 0 Å². The summed E-state index contributed by atoms with van der Waals surface area (Å²) in [5, 5.41) is 13.5. The Morgan fingerprint density at radius 2 is 1.94 bits per heavy atom. The summed E-state index contributed by atoms with van der Waals surface area (Å²) in [5.41, 5.74) is 0. The monoisotopic (exact) mass is 227 g/mol. The zero-order valence-corrected chi connectivity index (χ0v) is 10.3. The van der Waals surface area contributed by atoms with Crippen molar-refractivity contribution >= 4 is 0 Å². The fraction of sp³-hybridized carbons (Fsp3) is 1.00. The van der Waals surface area contributed by atoms with Gasteiger partial charge in [0.05, 0.1) is 6.10 Å². The summed E-state index contributed by atoms with van der Waals surface area (Å²) >= 11 is 0. The Kier molecular flexibility index (Phi) is 4.62. The molecular formula is C13H25NO2. The lowest BCUT2D eigenvalue weighted by molar-refractivity contribution is 0.00768. The van der Waals surface area contributed by atoms with Gasteiger partial charge in [-0.3, -0.25) is 0 Å². The van der Waals surface area contributed by atoms with Crippen LogP contribution < -0.4 is 5.32 Å². The Balaban J connectivity index is 1.59. The molecule has 94 valence electrons. The van der Waals surface area contributed by atoms with Crippen molar-refractivity contribution in [2.45, 2.75) is 51.2 Å². The van der Waals surface area contributed by atoms with Gasteiger partial charge in [0.2, 0.25) is 0 Å². The first kappa shape index (κ1) is 12.3. The molecule has 2 unspecified atom stereocenters. The maximum absolute atomic E-state index is 10.1. The second kappa shape index (κ2) is 5.99. The number of hydrogen-bond donors (Lipinski definition) is 2. The van der Waals surface area contributed by atoms with Gasteiger partial charge < -0.3 is 15.2 Å². The van der Waals surface area contributed by atoms with Crippen LogP contribution in [0.5, 0.6) is 0 Å². The summed E-state index contributed by atoms with van der Waals surface area (Å²) in [7, 11) is 0. The molecule has 1 saturated heterocycles. The van der Waals surface area contributed by atoms with Crippen LogP contribution in [0.1, 0.15) is 39.0 Å². The lowest BCUT2D eigenvalue weighted by Crippen LogP contribution is -2.39. The van der Waals surface area contributed by atoms with Crippen molar-refractivity contribution < 1.29 is 9.84 Å². The molecule has 2 rings (SSSR count). The van der Waals surface area contributed by atoms with E-state index in [9.17, 15) is 5.11 Å². The third-order valence-electron chi connectivity index (χ3n) is 3.87. The highest BCUT2D eigenvalue weighted by atomic mass is 16.5. The van der Waals surface area contributed by atoms with Gasteiger partial charge in [-0.1, -0.05) is 12.8 Å². The second-order valence-corrected chi connectivity index (χ2v) is 5.51. The van der Waals surface area contributed by atoms with Crippen molar-refractivity contribution in [1.82, 2.24) is 5.32 Å². The number of hydrogen-bond acceptors (Lipinski definition) is 3. The molecule has 1 aliphatic carbocycles. The molecule has 1 aliphatic heterocycles. The summed E-state index contributed by atoms with van der Waals surface area (Å²) < 4.78 is 5.30. The Hall–Kier alpha value is -0.120. The molecule has 2 N–H and O–H groups in total. The van der Waals surface area contributed by atoms with Gasteiger partial charge in [0.15, 0.2) is 0 Å². The molecule has 0 amide bonds. The molecule has 2 aliphatic rings. The van der Waals surface area contributed by atoms with Gasteiger partial charge in [-0.15, -0.1) is 0 Å². The molecule has 3 nitrogen and oxygen atoms in total. The number of nitrogens with one attached hydrogen (secondary N) is 1. The van der Waals surface area contributed by atoms with Crippen LogP contribution in [0.25, 0.3) is 0 Å². The predicted molar refractivity (Wildman–Crippen MR) is 64.4 cm³/mol. The van der Waals surface area contributed by atoms with Crippen LogP contribution >= 0.6 is 0 Å². The third kappa shape index (κ3) is 4.04. The summed E-state index contributed by atoms with van der Waals surface area (Å²) in [6, 6.07) is 0.557. The second-order valence-electron chi connectivity index (χ2n) is 5.51. The van der Waals surface area contributed by atoms with E-state index in [0.717, 1.165) is 38.5 Å². The zero-order valence-electron chi connectivity index (χ0n) is 10.3. The van der Waals surface area contributed by atoms with Crippen molar-refractivity contribution in [1.29, 1.82) is 0 Å². The molecule has 1 heterocycles. The maximum Gasteiger partial charge on any atom is 0.0694 e. The Morgan fingerprint density at radius 3 is 2.56 bits per heavy atom. The third-order valence-corrected chi connectivity index (χ3v) is 3.87. The highest BCUT2D eigenvalue weighted by molar-refractivity contribution is 4.80. The van der Waals surface area contributed by atoms with Gasteiger partial charge in [0, 0.05) is 25.8 Å². The smallest absolute Gasteiger partial charge is 0.0694 e. The average molecular weight is 227 g/mol. The molecule has 2 fully saturated rings. The fourth-order valence-electron chi connectivity index (χ4n) is 2.53. The molecule has 0 aromatic carbocycles. The SMILES string of the molecule is CC(CC1CC1)NCC(O)C1CCOCC1. The van der Waals surface area contributed by atoms with Crippen LogP contribution in [0.4, 0.5) is 0 Å². The zero-order chi connectivity index (χ0) is 11.4. The molecule has 1 saturated carbocycles.